The Bertz CT molecular complexity index is 569. The zero-order valence-corrected chi connectivity index (χ0v) is 10.3. The summed E-state index contributed by atoms with van der Waals surface area (Å²) in [4.78, 5) is 10.7. The van der Waals surface area contributed by atoms with E-state index in [1.165, 1.54) is 22.5 Å². The lowest BCUT2D eigenvalue weighted by Gasteiger charge is -2.15. The SMILES string of the molecule is O=C(O)c1cccc(S(=O)(=O)N2CC[C@@H](O)C2)c1. The molecule has 1 aromatic rings. The quantitative estimate of drug-likeness (QED) is 0.815. The highest BCUT2D eigenvalue weighted by Crippen LogP contribution is 2.21. The van der Waals surface area contributed by atoms with Crippen LogP contribution < -0.4 is 0 Å². The van der Waals surface area contributed by atoms with E-state index in [0.29, 0.717) is 6.42 Å². The molecule has 0 bridgehead atoms. The molecule has 1 aliphatic heterocycles. The van der Waals surface area contributed by atoms with Crippen molar-refractivity contribution in [1.82, 2.24) is 4.31 Å². The molecule has 2 N–H and O–H groups in total. The molecule has 1 aromatic carbocycles. The molecular formula is C11H13NO5S. The van der Waals surface area contributed by atoms with Crippen LogP contribution in [0.3, 0.4) is 0 Å². The van der Waals surface area contributed by atoms with E-state index in [2.05, 4.69) is 0 Å². The van der Waals surface area contributed by atoms with E-state index >= 15 is 0 Å². The number of aromatic carboxylic acids is 1. The Morgan fingerprint density at radius 3 is 2.67 bits per heavy atom. The van der Waals surface area contributed by atoms with Crippen molar-refractivity contribution < 1.29 is 23.4 Å². The third kappa shape index (κ3) is 2.38. The Labute approximate surface area is 105 Å². The number of hydrogen-bond acceptors (Lipinski definition) is 4. The minimum atomic E-state index is -3.72. The molecule has 0 radical (unpaired) electrons. The maximum atomic E-state index is 12.2. The third-order valence-electron chi connectivity index (χ3n) is 2.84. The van der Waals surface area contributed by atoms with Crippen LogP contribution in [0.1, 0.15) is 16.8 Å². The van der Waals surface area contributed by atoms with Gasteiger partial charge in [0.25, 0.3) is 0 Å². The predicted molar refractivity (Wildman–Crippen MR) is 62.8 cm³/mol. The fourth-order valence-corrected chi connectivity index (χ4v) is 3.41. The molecule has 1 aliphatic rings. The van der Waals surface area contributed by atoms with Crippen molar-refractivity contribution in [1.29, 1.82) is 0 Å². The molecule has 6 nitrogen and oxygen atoms in total. The molecule has 2 rings (SSSR count). The summed E-state index contributed by atoms with van der Waals surface area (Å²) in [6, 6.07) is 5.21. The first-order valence-corrected chi connectivity index (χ1v) is 6.87. The van der Waals surface area contributed by atoms with E-state index < -0.39 is 22.1 Å². The Morgan fingerprint density at radius 2 is 2.11 bits per heavy atom. The molecule has 1 fully saturated rings. The standard InChI is InChI=1S/C11H13NO5S/c13-9-4-5-12(7-9)18(16,17)10-3-1-2-8(6-10)11(14)15/h1-3,6,9,13H,4-5,7H2,(H,14,15)/t9-/m1/s1. The predicted octanol–water partition coefficient (Wildman–Crippen LogP) is 0.140. The molecule has 1 atom stereocenters. The summed E-state index contributed by atoms with van der Waals surface area (Å²) in [7, 11) is -3.72. The molecule has 1 saturated heterocycles. The Morgan fingerprint density at radius 1 is 1.39 bits per heavy atom. The number of aliphatic hydroxyl groups excluding tert-OH is 1. The second-order valence-corrected chi connectivity index (χ2v) is 6.08. The summed E-state index contributed by atoms with van der Waals surface area (Å²) in [5.74, 6) is -1.17. The van der Waals surface area contributed by atoms with Crippen LogP contribution in [0, 0.1) is 0 Å². The van der Waals surface area contributed by atoms with Gasteiger partial charge in [0.2, 0.25) is 10.0 Å². The van der Waals surface area contributed by atoms with Gasteiger partial charge in [0, 0.05) is 13.1 Å². The van der Waals surface area contributed by atoms with Gasteiger partial charge < -0.3 is 10.2 Å². The number of carboxylic acid groups (broad SMARTS) is 1. The molecule has 18 heavy (non-hydrogen) atoms. The van der Waals surface area contributed by atoms with Gasteiger partial charge in [-0.2, -0.15) is 4.31 Å². The molecule has 0 spiro atoms. The zero-order chi connectivity index (χ0) is 13.3. The minimum absolute atomic E-state index is 0.0552. The summed E-state index contributed by atoms with van der Waals surface area (Å²) in [5, 5.41) is 18.2. The molecular weight excluding hydrogens is 258 g/mol. The average molecular weight is 271 g/mol. The number of nitrogens with zero attached hydrogens (tertiary/aromatic N) is 1. The number of hydrogen-bond donors (Lipinski definition) is 2. The van der Waals surface area contributed by atoms with Crippen LogP contribution in [0.4, 0.5) is 0 Å². The van der Waals surface area contributed by atoms with Gasteiger partial charge in [-0.25, -0.2) is 13.2 Å². The Kier molecular flexibility index (Phi) is 3.38. The fraction of sp³-hybridized carbons (Fsp3) is 0.364. The number of aliphatic hydroxyl groups is 1. The largest absolute Gasteiger partial charge is 0.478 e. The summed E-state index contributed by atoms with van der Waals surface area (Å²) in [6.45, 7) is 0.306. The lowest BCUT2D eigenvalue weighted by molar-refractivity contribution is 0.0696. The van der Waals surface area contributed by atoms with Crippen LogP contribution in [-0.2, 0) is 10.0 Å². The fourth-order valence-electron chi connectivity index (χ4n) is 1.87. The first kappa shape index (κ1) is 13.0. The topological polar surface area (TPSA) is 94.9 Å². The highest BCUT2D eigenvalue weighted by molar-refractivity contribution is 7.89. The number of benzene rings is 1. The van der Waals surface area contributed by atoms with Crippen molar-refractivity contribution in [2.75, 3.05) is 13.1 Å². The van der Waals surface area contributed by atoms with E-state index in [1.54, 1.807) is 0 Å². The second-order valence-electron chi connectivity index (χ2n) is 4.14. The summed E-state index contributed by atoms with van der Waals surface area (Å²) < 4.78 is 25.5. The van der Waals surface area contributed by atoms with Gasteiger partial charge in [-0.1, -0.05) is 6.07 Å². The van der Waals surface area contributed by atoms with Gasteiger partial charge in [-0.3, -0.25) is 0 Å². The summed E-state index contributed by atoms with van der Waals surface area (Å²) >= 11 is 0. The first-order chi connectivity index (χ1) is 8.41. The van der Waals surface area contributed by atoms with Crippen LogP contribution in [-0.4, -0.2) is 48.1 Å². The molecule has 0 saturated carbocycles. The van der Waals surface area contributed by atoms with Crippen molar-refractivity contribution in [2.24, 2.45) is 0 Å². The van der Waals surface area contributed by atoms with Crippen molar-refractivity contribution in [3.8, 4) is 0 Å². The number of β-amino-alcohol motifs (C(OH)–C–C–N with tert-alkyl or cyclic N) is 1. The summed E-state index contributed by atoms with van der Waals surface area (Å²) in [5.41, 5.74) is -0.0733. The monoisotopic (exact) mass is 271 g/mol. The molecule has 1 heterocycles. The lowest BCUT2D eigenvalue weighted by Crippen LogP contribution is -2.29. The van der Waals surface area contributed by atoms with Crippen LogP contribution in [0.5, 0.6) is 0 Å². The number of rotatable bonds is 3. The van der Waals surface area contributed by atoms with Crippen molar-refractivity contribution in [3.63, 3.8) is 0 Å². The maximum absolute atomic E-state index is 12.2. The number of carbonyl (C=O) groups is 1. The zero-order valence-electron chi connectivity index (χ0n) is 9.48. The molecule has 0 aromatic heterocycles. The van der Waals surface area contributed by atoms with Gasteiger partial charge in [-0.05, 0) is 24.6 Å². The molecule has 0 aliphatic carbocycles. The number of sulfonamides is 1. The first-order valence-electron chi connectivity index (χ1n) is 5.43. The van der Waals surface area contributed by atoms with Crippen LogP contribution >= 0.6 is 0 Å². The van der Waals surface area contributed by atoms with Gasteiger partial charge >= 0.3 is 5.97 Å². The van der Waals surface area contributed by atoms with Crippen LogP contribution in [0.15, 0.2) is 29.2 Å². The molecule has 0 unspecified atom stereocenters. The Balaban J connectivity index is 2.35. The van der Waals surface area contributed by atoms with E-state index in [9.17, 15) is 18.3 Å². The highest BCUT2D eigenvalue weighted by atomic mass is 32.2. The number of carboxylic acids is 1. The van der Waals surface area contributed by atoms with Crippen LogP contribution in [0.2, 0.25) is 0 Å². The second kappa shape index (κ2) is 4.68. The minimum Gasteiger partial charge on any atom is -0.478 e. The highest BCUT2D eigenvalue weighted by Gasteiger charge is 2.31. The Hall–Kier alpha value is -1.44. The molecule has 7 heteroatoms. The van der Waals surface area contributed by atoms with Crippen LogP contribution in [0.25, 0.3) is 0 Å². The van der Waals surface area contributed by atoms with Crippen molar-refractivity contribution in [3.05, 3.63) is 29.8 Å². The van der Waals surface area contributed by atoms with Gasteiger partial charge in [0.05, 0.1) is 16.6 Å². The van der Waals surface area contributed by atoms with E-state index in [1.807, 2.05) is 0 Å². The average Bonchev–Trinajstić information content (AvgIpc) is 2.77. The lowest BCUT2D eigenvalue weighted by atomic mass is 10.2. The normalized spacial score (nSPS) is 21.1. The van der Waals surface area contributed by atoms with Gasteiger partial charge in [-0.15, -0.1) is 0 Å². The van der Waals surface area contributed by atoms with Crippen molar-refractivity contribution in [2.45, 2.75) is 17.4 Å². The van der Waals surface area contributed by atoms with E-state index in [4.69, 9.17) is 5.11 Å². The summed E-state index contributed by atoms with van der Waals surface area (Å²) in [6.07, 6.45) is -0.250. The van der Waals surface area contributed by atoms with Crippen molar-refractivity contribution >= 4 is 16.0 Å². The van der Waals surface area contributed by atoms with Gasteiger partial charge in [0.1, 0.15) is 0 Å². The molecule has 0 amide bonds. The smallest absolute Gasteiger partial charge is 0.335 e. The third-order valence-corrected chi connectivity index (χ3v) is 4.71. The molecule has 98 valence electrons. The van der Waals surface area contributed by atoms with Gasteiger partial charge in [0.15, 0.2) is 0 Å². The van der Waals surface area contributed by atoms with E-state index in [-0.39, 0.29) is 23.5 Å². The van der Waals surface area contributed by atoms with E-state index in [0.717, 1.165) is 6.07 Å². The maximum Gasteiger partial charge on any atom is 0.335 e.